The Labute approximate surface area is 148 Å². The zero-order valence-corrected chi connectivity index (χ0v) is 15.4. The van der Waals surface area contributed by atoms with Crippen LogP contribution in [0.2, 0.25) is 0 Å². The van der Waals surface area contributed by atoms with E-state index in [0.717, 1.165) is 18.5 Å². The molecule has 0 spiro atoms. The van der Waals surface area contributed by atoms with Crippen LogP contribution in [0, 0.1) is 0 Å². The standard InChI is InChI=1S/C13H13BrN4O3S2/c1-7(19)21-11-4-8-5-18(3-2-9(8)22-11)6-10(20)15-13-17-16-12(14)23-13/h4H,2-3,5-6H2,1H3,(H,15,17,20). The Morgan fingerprint density at radius 1 is 1.43 bits per heavy atom. The highest BCUT2D eigenvalue weighted by Gasteiger charge is 2.22. The van der Waals surface area contributed by atoms with Gasteiger partial charge in [0.15, 0.2) is 8.98 Å². The molecule has 0 saturated carbocycles. The Morgan fingerprint density at radius 2 is 2.26 bits per heavy atom. The Balaban J connectivity index is 1.57. The van der Waals surface area contributed by atoms with Crippen LogP contribution in [0.15, 0.2) is 9.98 Å². The van der Waals surface area contributed by atoms with Crippen LogP contribution in [0.25, 0.3) is 0 Å². The van der Waals surface area contributed by atoms with Crippen molar-refractivity contribution in [2.24, 2.45) is 0 Å². The van der Waals surface area contributed by atoms with Crippen LogP contribution >= 0.6 is 38.6 Å². The average Bonchev–Trinajstić information content (AvgIpc) is 3.03. The number of nitrogens with zero attached hydrogens (tertiary/aromatic N) is 3. The van der Waals surface area contributed by atoms with Crippen molar-refractivity contribution < 1.29 is 14.3 Å². The van der Waals surface area contributed by atoms with Gasteiger partial charge in [-0.3, -0.25) is 19.8 Å². The number of carbonyl (C=O) groups excluding carboxylic acids is 2. The third-order valence-corrected chi connectivity index (χ3v) is 5.57. The number of esters is 1. The molecule has 1 N–H and O–H groups in total. The molecule has 1 amide bonds. The number of carbonyl (C=O) groups is 2. The van der Waals surface area contributed by atoms with E-state index in [-0.39, 0.29) is 18.4 Å². The summed E-state index contributed by atoms with van der Waals surface area (Å²) in [6.07, 6.45) is 0.846. The molecule has 7 nitrogen and oxygen atoms in total. The number of anilines is 1. The highest BCUT2D eigenvalue weighted by atomic mass is 79.9. The molecule has 2 aromatic rings. The lowest BCUT2D eigenvalue weighted by Crippen LogP contribution is -2.36. The van der Waals surface area contributed by atoms with Crippen molar-refractivity contribution >= 4 is 55.6 Å². The van der Waals surface area contributed by atoms with Crippen LogP contribution in [0.4, 0.5) is 5.13 Å². The van der Waals surface area contributed by atoms with Gasteiger partial charge in [0.1, 0.15) is 0 Å². The summed E-state index contributed by atoms with van der Waals surface area (Å²) >= 11 is 5.98. The first-order valence-corrected chi connectivity index (χ1v) is 9.23. The van der Waals surface area contributed by atoms with Crippen LogP contribution in [-0.2, 0) is 22.6 Å². The molecule has 0 fully saturated rings. The van der Waals surface area contributed by atoms with Crippen LogP contribution in [0.1, 0.15) is 17.4 Å². The van der Waals surface area contributed by atoms with Gasteiger partial charge in [0, 0.05) is 24.9 Å². The molecule has 3 rings (SSSR count). The number of amides is 1. The lowest BCUT2D eigenvalue weighted by molar-refractivity contribution is -0.131. The maximum Gasteiger partial charge on any atom is 0.308 e. The third kappa shape index (κ3) is 4.34. The second kappa shape index (κ2) is 7.04. The van der Waals surface area contributed by atoms with E-state index in [0.29, 0.717) is 20.7 Å². The lowest BCUT2D eigenvalue weighted by Gasteiger charge is -2.25. The first-order chi connectivity index (χ1) is 11.0. The van der Waals surface area contributed by atoms with Crippen molar-refractivity contribution in [3.63, 3.8) is 0 Å². The molecule has 0 bridgehead atoms. The molecular formula is C13H13BrN4O3S2. The molecule has 0 saturated heterocycles. The number of halogens is 1. The molecule has 1 aliphatic rings. The van der Waals surface area contributed by atoms with Gasteiger partial charge in [0.25, 0.3) is 0 Å². The number of hydrogen-bond acceptors (Lipinski definition) is 8. The number of fused-ring (bicyclic) bond motifs is 1. The fourth-order valence-electron chi connectivity index (χ4n) is 2.31. The number of rotatable bonds is 4. The number of hydrogen-bond donors (Lipinski definition) is 1. The molecule has 23 heavy (non-hydrogen) atoms. The van der Waals surface area contributed by atoms with Crippen LogP contribution in [0.3, 0.4) is 0 Å². The van der Waals surface area contributed by atoms with Gasteiger partial charge < -0.3 is 4.74 Å². The third-order valence-electron chi connectivity index (χ3n) is 3.18. The summed E-state index contributed by atoms with van der Waals surface area (Å²) in [5.74, 6) is -0.435. The Kier molecular flexibility index (Phi) is 5.05. The summed E-state index contributed by atoms with van der Waals surface area (Å²) in [5, 5.41) is 11.5. The topological polar surface area (TPSA) is 84.4 Å². The van der Waals surface area contributed by atoms with Crippen LogP contribution < -0.4 is 10.1 Å². The van der Waals surface area contributed by atoms with Crippen LogP contribution in [0.5, 0.6) is 5.06 Å². The minimum atomic E-state index is -0.317. The molecule has 0 radical (unpaired) electrons. The van der Waals surface area contributed by atoms with E-state index in [4.69, 9.17) is 4.74 Å². The number of nitrogens with one attached hydrogen (secondary N) is 1. The van der Waals surface area contributed by atoms with Gasteiger partial charge in [0.2, 0.25) is 11.0 Å². The van der Waals surface area contributed by atoms with Crippen molar-refractivity contribution in [1.82, 2.24) is 15.1 Å². The summed E-state index contributed by atoms with van der Waals surface area (Å²) in [5.41, 5.74) is 1.11. The van der Waals surface area contributed by atoms with Gasteiger partial charge in [-0.15, -0.1) is 21.5 Å². The van der Waals surface area contributed by atoms with Crippen molar-refractivity contribution in [2.75, 3.05) is 18.4 Å². The fourth-order valence-corrected chi connectivity index (χ4v) is 4.39. The SMILES string of the molecule is CC(=O)Oc1cc2c(s1)CCN(CC(=O)Nc1nnc(Br)s1)C2. The molecule has 10 heteroatoms. The van der Waals surface area contributed by atoms with Crippen molar-refractivity contribution in [1.29, 1.82) is 0 Å². The molecular weight excluding hydrogens is 404 g/mol. The summed E-state index contributed by atoms with van der Waals surface area (Å²) < 4.78 is 5.76. The Hall–Kier alpha value is -1.36. The normalized spacial score (nSPS) is 14.3. The van der Waals surface area contributed by atoms with Gasteiger partial charge >= 0.3 is 5.97 Å². The maximum absolute atomic E-state index is 12.1. The molecule has 2 aromatic heterocycles. The van der Waals surface area contributed by atoms with Crippen molar-refractivity contribution in [3.05, 3.63) is 20.4 Å². The summed E-state index contributed by atoms with van der Waals surface area (Å²) in [4.78, 5) is 26.3. The van der Waals surface area contributed by atoms with Gasteiger partial charge in [-0.05, 0) is 34.0 Å². The van der Waals surface area contributed by atoms with Gasteiger partial charge in [-0.1, -0.05) is 11.3 Å². The van der Waals surface area contributed by atoms with Crippen molar-refractivity contribution in [3.8, 4) is 5.06 Å². The van der Waals surface area contributed by atoms with Gasteiger partial charge in [-0.25, -0.2) is 0 Å². The van der Waals surface area contributed by atoms with Crippen molar-refractivity contribution in [2.45, 2.75) is 19.9 Å². The van der Waals surface area contributed by atoms with Gasteiger partial charge in [-0.2, -0.15) is 0 Å². The monoisotopic (exact) mass is 416 g/mol. The predicted octanol–water partition coefficient (Wildman–Crippen LogP) is 2.28. The molecule has 0 unspecified atom stereocenters. The first-order valence-electron chi connectivity index (χ1n) is 6.81. The lowest BCUT2D eigenvalue weighted by atomic mass is 10.1. The van der Waals surface area contributed by atoms with E-state index in [1.807, 2.05) is 6.07 Å². The summed E-state index contributed by atoms with van der Waals surface area (Å²) in [6.45, 7) is 3.14. The minimum Gasteiger partial charge on any atom is -0.416 e. The van der Waals surface area contributed by atoms with Gasteiger partial charge in [0.05, 0.1) is 6.54 Å². The van der Waals surface area contributed by atoms with E-state index >= 15 is 0 Å². The highest BCUT2D eigenvalue weighted by molar-refractivity contribution is 9.11. The minimum absolute atomic E-state index is 0.118. The average molecular weight is 417 g/mol. The molecule has 3 heterocycles. The summed E-state index contributed by atoms with van der Waals surface area (Å²) in [7, 11) is 0. The molecule has 1 aliphatic heterocycles. The Bertz CT molecular complexity index is 745. The molecule has 0 aliphatic carbocycles. The van der Waals surface area contributed by atoms with E-state index in [1.54, 1.807) is 0 Å². The zero-order valence-electron chi connectivity index (χ0n) is 12.2. The number of ether oxygens (including phenoxy) is 1. The van der Waals surface area contributed by atoms with E-state index in [1.165, 1.54) is 34.5 Å². The second-order valence-corrected chi connectivity index (χ2v) is 8.33. The highest BCUT2D eigenvalue weighted by Crippen LogP contribution is 2.33. The van der Waals surface area contributed by atoms with Crippen LogP contribution in [-0.4, -0.2) is 40.1 Å². The molecule has 122 valence electrons. The molecule has 0 aromatic carbocycles. The first kappa shape index (κ1) is 16.5. The predicted molar refractivity (Wildman–Crippen MR) is 90.8 cm³/mol. The Morgan fingerprint density at radius 3 is 2.96 bits per heavy atom. The quantitative estimate of drug-likeness (QED) is 0.769. The fraction of sp³-hybridized carbons (Fsp3) is 0.385. The van der Waals surface area contributed by atoms with E-state index in [2.05, 4.69) is 36.3 Å². The van der Waals surface area contributed by atoms with E-state index < -0.39 is 0 Å². The maximum atomic E-state index is 12.1. The second-order valence-electron chi connectivity index (χ2n) is 4.98. The largest absolute Gasteiger partial charge is 0.416 e. The van der Waals surface area contributed by atoms with E-state index in [9.17, 15) is 9.59 Å². The number of thiophene rings is 1. The smallest absolute Gasteiger partial charge is 0.308 e. The zero-order chi connectivity index (χ0) is 16.4. The summed E-state index contributed by atoms with van der Waals surface area (Å²) in [6, 6.07) is 1.88. The number of aromatic nitrogens is 2. The molecule has 0 atom stereocenters.